The first kappa shape index (κ1) is 12.5. The maximum atomic E-state index is 12.5. The van der Waals surface area contributed by atoms with Crippen LogP contribution in [0.2, 0.25) is 0 Å². The molecule has 2 heterocycles. The summed E-state index contributed by atoms with van der Waals surface area (Å²) in [5, 5.41) is 4.18. The highest BCUT2D eigenvalue weighted by Gasteiger charge is 2.14. The van der Waals surface area contributed by atoms with Gasteiger partial charge < -0.3 is 0 Å². The Bertz CT molecular complexity index is 789. The number of ketones is 1. The Balaban J connectivity index is 1.95. The van der Waals surface area contributed by atoms with Crippen LogP contribution in [0.15, 0.2) is 43.0 Å². The molecule has 0 aliphatic heterocycles. The van der Waals surface area contributed by atoms with E-state index in [2.05, 4.69) is 28.3 Å². The largest absolute Gasteiger partial charge is 0.294 e. The van der Waals surface area contributed by atoms with Crippen LogP contribution in [-0.4, -0.2) is 20.4 Å². The predicted octanol–water partition coefficient (Wildman–Crippen LogP) is 2.77. The molecule has 0 amide bonds. The molecule has 4 heteroatoms. The number of aryl methyl sites for hydroxylation is 2. The number of hydrogen-bond donors (Lipinski definition) is 0. The molecule has 2 aromatic heterocycles. The molecule has 0 bridgehead atoms. The summed E-state index contributed by atoms with van der Waals surface area (Å²) in [6.07, 6.45) is 7.07. The molecule has 0 aliphatic rings. The van der Waals surface area contributed by atoms with Crippen LogP contribution >= 0.6 is 0 Å². The molecule has 3 rings (SSSR count). The van der Waals surface area contributed by atoms with Crippen LogP contribution in [0, 0.1) is 13.8 Å². The SMILES string of the molecule is Cc1ccc(C)c(CC(=O)c2cnn3ccncc23)c1. The molecule has 0 spiro atoms. The maximum Gasteiger partial charge on any atom is 0.171 e. The topological polar surface area (TPSA) is 47.3 Å². The normalized spacial score (nSPS) is 10.9. The maximum absolute atomic E-state index is 12.5. The van der Waals surface area contributed by atoms with Gasteiger partial charge in [0.05, 0.1) is 23.5 Å². The summed E-state index contributed by atoms with van der Waals surface area (Å²) in [6.45, 7) is 4.06. The van der Waals surface area contributed by atoms with Gasteiger partial charge in [-0.15, -0.1) is 0 Å². The minimum atomic E-state index is 0.0710. The molecule has 0 unspecified atom stereocenters. The zero-order valence-corrected chi connectivity index (χ0v) is 11.5. The van der Waals surface area contributed by atoms with E-state index < -0.39 is 0 Å². The van der Waals surface area contributed by atoms with E-state index in [1.54, 1.807) is 29.3 Å². The fraction of sp³-hybridized carbons (Fsp3) is 0.188. The molecular weight excluding hydrogens is 250 g/mol. The van der Waals surface area contributed by atoms with Crippen molar-refractivity contribution in [1.29, 1.82) is 0 Å². The highest BCUT2D eigenvalue weighted by Crippen LogP contribution is 2.16. The summed E-state index contributed by atoms with van der Waals surface area (Å²) in [7, 11) is 0. The van der Waals surface area contributed by atoms with E-state index >= 15 is 0 Å². The van der Waals surface area contributed by atoms with Crippen LogP contribution in [0.4, 0.5) is 0 Å². The van der Waals surface area contributed by atoms with Gasteiger partial charge in [-0.25, -0.2) is 4.52 Å². The smallest absolute Gasteiger partial charge is 0.171 e. The standard InChI is InChI=1S/C16H15N3O/c1-11-3-4-12(2)13(7-11)8-16(20)14-9-18-19-6-5-17-10-15(14)19/h3-7,9-10H,8H2,1-2H3. The zero-order valence-electron chi connectivity index (χ0n) is 11.5. The number of Topliss-reactive ketones (excluding diaryl/α,β-unsaturated/α-hetero) is 1. The van der Waals surface area contributed by atoms with Gasteiger partial charge in [0.15, 0.2) is 5.78 Å². The molecule has 0 saturated carbocycles. The van der Waals surface area contributed by atoms with Crippen molar-refractivity contribution < 1.29 is 4.79 Å². The molecule has 0 saturated heterocycles. The number of carbonyl (C=O) groups excluding carboxylic acids is 1. The van der Waals surface area contributed by atoms with Crippen molar-refractivity contribution in [3.8, 4) is 0 Å². The number of rotatable bonds is 3. The van der Waals surface area contributed by atoms with Gasteiger partial charge in [-0.2, -0.15) is 5.10 Å². The van der Waals surface area contributed by atoms with Gasteiger partial charge in [0.2, 0.25) is 0 Å². The zero-order chi connectivity index (χ0) is 14.1. The van der Waals surface area contributed by atoms with Gasteiger partial charge in [-0.1, -0.05) is 23.8 Å². The number of benzene rings is 1. The fourth-order valence-electron chi connectivity index (χ4n) is 2.31. The third kappa shape index (κ3) is 2.20. The van der Waals surface area contributed by atoms with Crippen LogP contribution in [0.1, 0.15) is 27.0 Å². The number of nitrogens with zero attached hydrogens (tertiary/aromatic N) is 3. The van der Waals surface area contributed by atoms with E-state index in [4.69, 9.17) is 0 Å². The first-order chi connectivity index (χ1) is 9.65. The van der Waals surface area contributed by atoms with Crippen LogP contribution in [0.25, 0.3) is 5.52 Å². The average Bonchev–Trinajstić information content (AvgIpc) is 2.87. The third-order valence-electron chi connectivity index (χ3n) is 3.48. The highest BCUT2D eigenvalue weighted by atomic mass is 16.1. The molecule has 0 radical (unpaired) electrons. The Labute approximate surface area is 117 Å². The lowest BCUT2D eigenvalue weighted by molar-refractivity contribution is 0.0994. The monoisotopic (exact) mass is 265 g/mol. The van der Waals surface area contributed by atoms with E-state index in [9.17, 15) is 4.79 Å². The van der Waals surface area contributed by atoms with Gasteiger partial charge >= 0.3 is 0 Å². The van der Waals surface area contributed by atoms with Crippen LogP contribution in [-0.2, 0) is 6.42 Å². The van der Waals surface area contributed by atoms with Gasteiger partial charge in [0.1, 0.15) is 0 Å². The summed E-state index contributed by atoms with van der Waals surface area (Å²) in [5.41, 5.74) is 4.75. The Hall–Kier alpha value is -2.49. The second kappa shape index (κ2) is 4.89. The van der Waals surface area contributed by atoms with Gasteiger partial charge in [-0.05, 0) is 25.0 Å². The number of fused-ring (bicyclic) bond motifs is 1. The summed E-state index contributed by atoms with van der Waals surface area (Å²) in [6, 6.07) is 6.18. The predicted molar refractivity (Wildman–Crippen MR) is 76.9 cm³/mol. The van der Waals surface area contributed by atoms with Gasteiger partial charge in [-0.3, -0.25) is 9.78 Å². The van der Waals surface area contributed by atoms with Crippen LogP contribution < -0.4 is 0 Å². The van der Waals surface area contributed by atoms with Crippen molar-refractivity contribution in [2.45, 2.75) is 20.3 Å². The minimum Gasteiger partial charge on any atom is -0.294 e. The quantitative estimate of drug-likeness (QED) is 0.684. The molecule has 4 nitrogen and oxygen atoms in total. The van der Waals surface area contributed by atoms with Crippen molar-refractivity contribution in [3.05, 3.63) is 65.2 Å². The average molecular weight is 265 g/mol. The van der Waals surface area contributed by atoms with E-state index in [-0.39, 0.29) is 5.78 Å². The number of aromatic nitrogens is 3. The van der Waals surface area contributed by atoms with E-state index in [1.807, 2.05) is 13.8 Å². The lowest BCUT2D eigenvalue weighted by atomic mass is 9.98. The lowest BCUT2D eigenvalue weighted by Crippen LogP contribution is -2.05. The minimum absolute atomic E-state index is 0.0710. The molecule has 20 heavy (non-hydrogen) atoms. The van der Waals surface area contributed by atoms with Gasteiger partial charge in [0, 0.05) is 18.8 Å². The van der Waals surface area contributed by atoms with E-state index in [0.717, 1.165) is 16.6 Å². The van der Waals surface area contributed by atoms with E-state index in [1.165, 1.54) is 5.56 Å². The molecule has 0 atom stereocenters. The first-order valence-corrected chi connectivity index (χ1v) is 6.52. The molecule has 3 aromatic rings. The van der Waals surface area contributed by atoms with E-state index in [0.29, 0.717) is 12.0 Å². The summed E-state index contributed by atoms with van der Waals surface area (Å²) in [4.78, 5) is 16.5. The molecule has 100 valence electrons. The summed E-state index contributed by atoms with van der Waals surface area (Å²) in [5.74, 6) is 0.0710. The van der Waals surface area contributed by atoms with Crippen molar-refractivity contribution >= 4 is 11.3 Å². The first-order valence-electron chi connectivity index (χ1n) is 6.52. The third-order valence-corrected chi connectivity index (χ3v) is 3.48. The number of hydrogen-bond acceptors (Lipinski definition) is 3. The Morgan fingerprint density at radius 1 is 1.25 bits per heavy atom. The summed E-state index contributed by atoms with van der Waals surface area (Å²) >= 11 is 0. The Kier molecular flexibility index (Phi) is 3.06. The molecule has 0 N–H and O–H groups in total. The fourth-order valence-corrected chi connectivity index (χ4v) is 2.31. The lowest BCUT2D eigenvalue weighted by Gasteiger charge is -2.06. The van der Waals surface area contributed by atoms with Crippen LogP contribution in [0.3, 0.4) is 0 Å². The van der Waals surface area contributed by atoms with Crippen molar-refractivity contribution in [2.75, 3.05) is 0 Å². The second-order valence-corrected chi connectivity index (χ2v) is 4.99. The van der Waals surface area contributed by atoms with Crippen molar-refractivity contribution in [3.63, 3.8) is 0 Å². The Morgan fingerprint density at radius 3 is 2.95 bits per heavy atom. The van der Waals surface area contributed by atoms with Gasteiger partial charge in [0.25, 0.3) is 0 Å². The van der Waals surface area contributed by atoms with Crippen molar-refractivity contribution in [1.82, 2.24) is 14.6 Å². The van der Waals surface area contributed by atoms with Crippen molar-refractivity contribution in [2.24, 2.45) is 0 Å². The summed E-state index contributed by atoms with van der Waals surface area (Å²) < 4.78 is 1.67. The Morgan fingerprint density at radius 2 is 2.10 bits per heavy atom. The molecule has 1 aromatic carbocycles. The highest BCUT2D eigenvalue weighted by molar-refractivity contribution is 6.03. The van der Waals surface area contributed by atoms with Crippen LogP contribution in [0.5, 0.6) is 0 Å². The molecule has 0 aliphatic carbocycles. The molecular formula is C16H15N3O. The molecule has 0 fully saturated rings. The second-order valence-electron chi connectivity index (χ2n) is 4.99. The number of carbonyl (C=O) groups is 1.